The topological polar surface area (TPSA) is 145 Å². The largest absolute Gasteiger partial charge is 0.433 e. The molecule has 10 heteroatoms. The van der Waals surface area contributed by atoms with E-state index < -0.39 is 21.6 Å². The molecule has 1 N–H and O–H groups in total. The Balaban J connectivity index is 2.38. The maximum Gasteiger partial charge on any atom is 0.433 e. The summed E-state index contributed by atoms with van der Waals surface area (Å²) in [5, 5.41) is 32.6. The number of furan rings is 2. The average molecular weight is 267 g/mol. The van der Waals surface area contributed by atoms with Crippen molar-refractivity contribution in [1.82, 2.24) is 0 Å². The maximum atomic E-state index is 10.5. The normalized spacial score (nSPS) is 10.1. The van der Waals surface area contributed by atoms with Gasteiger partial charge in [0.25, 0.3) is 0 Å². The maximum absolute atomic E-state index is 10.5. The second-order valence-electron chi connectivity index (χ2n) is 3.24. The van der Waals surface area contributed by atoms with Crippen molar-refractivity contribution in [3.63, 3.8) is 0 Å². The van der Waals surface area contributed by atoms with E-state index in [0.717, 1.165) is 12.1 Å². The zero-order valence-corrected chi connectivity index (χ0v) is 9.05. The van der Waals surface area contributed by atoms with Gasteiger partial charge in [-0.15, -0.1) is 0 Å². The van der Waals surface area contributed by atoms with Crippen LogP contribution in [0.3, 0.4) is 0 Å². The molecule has 0 atom stereocenters. The van der Waals surface area contributed by atoms with Gasteiger partial charge in [0.15, 0.2) is 17.2 Å². The summed E-state index contributed by atoms with van der Waals surface area (Å²) >= 11 is 0. The van der Waals surface area contributed by atoms with Crippen LogP contribution < -0.4 is 0 Å². The molecule has 0 saturated carbocycles. The first kappa shape index (κ1) is 12.3. The lowest BCUT2D eigenvalue weighted by atomic mass is 10.2. The number of nitro groups is 2. The first-order chi connectivity index (χ1) is 9.02. The fourth-order valence-corrected chi connectivity index (χ4v) is 1.33. The Labute approximate surface area is 103 Å². The summed E-state index contributed by atoms with van der Waals surface area (Å²) in [4.78, 5) is 19.4. The van der Waals surface area contributed by atoms with Gasteiger partial charge >= 0.3 is 11.8 Å². The van der Waals surface area contributed by atoms with Gasteiger partial charge in [0.2, 0.25) is 0 Å². The quantitative estimate of drug-likeness (QED) is 0.385. The van der Waals surface area contributed by atoms with Crippen molar-refractivity contribution in [2.75, 3.05) is 0 Å². The van der Waals surface area contributed by atoms with Crippen molar-refractivity contribution >= 4 is 17.5 Å². The molecule has 0 amide bonds. The lowest BCUT2D eigenvalue weighted by Crippen LogP contribution is -2.00. The molecule has 0 spiro atoms. The number of hydrogen-bond donors (Lipinski definition) is 1. The van der Waals surface area contributed by atoms with Crippen LogP contribution >= 0.6 is 0 Å². The third kappa shape index (κ3) is 2.26. The summed E-state index contributed by atoms with van der Waals surface area (Å²) in [7, 11) is 0. The Morgan fingerprint density at radius 3 is 1.68 bits per heavy atom. The Morgan fingerprint density at radius 1 is 1.00 bits per heavy atom. The molecule has 10 nitrogen and oxygen atoms in total. The van der Waals surface area contributed by atoms with Gasteiger partial charge in [-0.25, -0.2) is 0 Å². The standard InChI is InChI=1S/C9H5N3O7/c13-10-9(5-1-3-7(18-5)11(14)15)6-2-4-8(19-6)12(16)17/h1-4,13H. The van der Waals surface area contributed by atoms with Crippen LogP contribution in [0.2, 0.25) is 0 Å². The monoisotopic (exact) mass is 267 g/mol. The van der Waals surface area contributed by atoms with Crippen LogP contribution in [-0.2, 0) is 0 Å². The second-order valence-corrected chi connectivity index (χ2v) is 3.24. The number of nitrogens with zero attached hydrogens (tertiary/aromatic N) is 3. The molecule has 0 radical (unpaired) electrons. The van der Waals surface area contributed by atoms with Crippen LogP contribution in [0.1, 0.15) is 11.5 Å². The SMILES string of the molecule is O=[N+]([O-])c1ccc(C(=NO)c2ccc([N+](=O)[O-])o2)o1. The fourth-order valence-electron chi connectivity index (χ4n) is 1.33. The molecule has 0 aliphatic rings. The lowest BCUT2D eigenvalue weighted by molar-refractivity contribution is -0.402. The van der Waals surface area contributed by atoms with Gasteiger partial charge in [-0.05, 0) is 12.1 Å². The van der Waals surface area contributed by atoms with Gasteiger partial charge in [0, 0.05) is 0 Å². The molecular formula is C9H5N3O7. The summed E-state index contributed by atoms with van der Waals surface area (Å²) in [6.07, 6.45) is 0. The lowest BCUT2D eigenvalue weighted by Gasteiger charge is -1.94. The number of hydrogen-bond acceptors (Lipinski definition) is 8. The molecule has 2 aromatic heterocycles. The van der Waals surface area contributed by atoms with Crippen molar-refractivity contribution in [2.24, 2.45) is 5.16 Å². The van der Waals surface area contributed by atoms with Gasteiger partial charge in [-0.1, -0.05) is 5.16 Å². The summed E-state index contributed by atoms with van der Waals surface area (Å²) in [6.45, 7) is 0. The Bertz CT molecular complexity index is 615. The van der Waals surface area contributed by atoms with Crippen LogP contribution in [0.5, 0.6) is 0 Å². The molecule has 0 aliphatic carbocycles. The minimum atomic E-state index is -0.775. The molecule has 2 heterocycles. The molecular weight excluding hydrogens is 262 g/mol. The van der Waals surface area contributed by atoms with E-state index in [1.54, 1.807) is 0 Å². The van der Waals surface area contributed by atoms with Gasteiger partial charge < -0.3 is 14.0 Å². The van der Waals surface area contributed by atoms with E-state index in [2.05, 4.69) is 5.16 Å². The van der Waals surface area contributed by atoms with E-state index in [1.807, 2.05) is 0 Å². The number of rotatable bonds is 4. The van der Waals surface area contributed by atoms with Crippen molar-refractivity contribution < 1.29 is 23.9 Å². The average Bonchev–Trinajstić information content (AvgIpc) is 2.98. The third-order valence-electron chi connectivity index (χ3n) is 2.11. The van der Waals surface area contributed by atoms with Gasteiger partial charge in [0.05, 0.1) is 12.1 Å². The molecule has 0 fully saturated rings. The predicted molar refractivity (Wildman–Crippen MR) is 58.2 cm³/mol. The van der Waals surface area contributed by atoms with E-state index in [0.29, 0.717) is 0 Å². The summed E-state index contributed by atoms with van der Waals surface area (Å²) in [6, 6.07) is 4.47. The zero-order chi connectivity index (χ0) is 14.0. The molecule has 0 aliphatic heterocycles. The molecule has 2 aromatic rings. The van der Waals surface area contributed by atoms with Crippen LogP contribution in [0.15, 0.2) is 38.3 Å². The van der Waals surface area contributed by atoms with E-state index in [-0.39, 0.29) is 17.2 Å². The minimum absolute atomic E-state index is 0.154. The highest BCUT2D eigenvalue weighted by atomic mass is 16.7. The summed E-state index contributed by atoms with van der Waals surface area (Å²) < 4.78 is 9.61. The van der Waals surface area contributed by atoms with Crippen molar-refractivity contribution in [3.8, 4) is 0 Å². The fraction of sp³-hybridized carbons (Fsp3) is 0. The van der Waals surface area contributed by atoms with Crippen molar-refractivity contribution in [3.05, 3.63) is 56.0 Å². The molecule has 0 saturated heterocycles. The molecule has 0 bridgehead atoms. The van der Waals surface area contributed by atoms with E-state index in [1.165, 1.54) is 12.1 Å². The van der Waals surface area contributed by atoms with Gasteiger partial charge in [-0.3, -0.25) is 20.2 Å². The van der Waals surface area contributed by atoms with Crippen LogP contribution in [-0.4, -0.2) is 20.8 Å². The highest BCUT2D eigenvalue weighted by molar-refractivity contribution is 6.09. The third-order valence-corrected chi connectivity index (χ3v) is 2.11. The van der Waals surface area contributed by atoms with Crippen molar-refractivity contribution in [2.45, 2.75) is 0 Å². The van der Waals surface area contributed by atoms with Crippen molar-refractivity contribution in [1.29, 1.82) is 0 Å². The van der Waals surface area contributed by atoms with Gasteiger partial charge in [-0.2, -0.15) is 0 Å². The number of oxime groups is 1. The first-order valence-electron chi connectivity index (χ1n) is 4.74. The molecule has 19 heavy (non-hydrogen) atoms. The summed E-state index contributed by atoms with van der Waals surface area (Å²) in [5.41, 5.74) is -0.291. The minimum Gasteiger partial charge on any atom is -0.410 e. The second kappa shape index (κ2) is 4.60. The highest BCUT2D eigenvalue weighted by Crippen LogP contribution is 2.22. The smallest absolute Gasteiger partial charge is 0.410 e. The Hall–Kier alpha value is -3.17. The molecule has 0 unspecified atom stereocenters. The Kier molecular flexibility index (Phi) is 2.98. The van der Waals surface area contributed by atoms with Crippen LogP contribution in [0, 0.1) is 20.2 Å². The zero-order valence-electron chi connectivity index (χ0n) is 9.05. The first-order valence-corrected chi connectivity index (χ1v) is 4.74. The van der Waals surface area contributed by atoms with E-state index in [9.17, 15) is 20.2 Å². The van der Waals surface area contributed by atoms with Crippen LogP contribution in [0.25, 0.3) is 0 Å². The highest BCUT2D eigenvalue weighted by Gasteiger charge is 2.22. The van der Waals surface area contributed by atoms with E-state index >= 15 is 0 Å². The predicted octanol–water partition coefficient (Wildman–Crippen LogP) is 1.92. The Morgan fingerprint density at radius 2 is 1.42 bits per heavy atom. The van der Waals surface area contributed by atoms with Gasteiger partial charge in [0.1, 0.15) is 9.85 Å². The summed E-state index contributed by atoms with van der Waals surface area (Å²) in [5.74, 6) is -1.42. The van der Waals surface area contributed by atoms with Crippen LogP contribution in [0.4, 0.5) is 11.8 Å². The van der Waals surface area contributed by atoms with E-state index in [4.69, 9.17) is 14.0 Å². The molecule has 98 valence electrons. The molecule has 0 aromatic carbocycles. The molecule has 2 rings (SSSR count).